The molecule has 0 spiro atoms. The molecular formula is C19H18N4O3. The van der Waals surface area contributed by atoms with E-state index in [0.717, 1.165) is 42.4 Å². The van der Waals surface area contributed by atoms with Crippen LogP contribution in [0.5, 0.6) is 0 Å². The highest BCUT2D eigenvalue weighted by molar-refractivity contribution is 5.61. The first-order valence-corrected chi connectivity index (χ1v) is 8.46. The Bertz CT molecular complexity index is 967. The molecule has 0 atom stereocenters. The van der Waals surface area contributed by atoms with E-state index >= 15 is 0 Å². The molecule has 0 bridgehead atoms. The number of hydrogen-bond donors (Lipinski definition) is 0. The zero-order chi connectivity index (χ0) is 18.1. The third-order valence-corrected chi connectivity index (χ3v) is 4.52. The fourth-order valence-corrected chi connectivity index (χ4v) is 3.22. The largest absolute Gasteiger partial charge is 0.460 e. The Kier molecular flexibility index (Phi) is 4.22. The van der Waals surface area contributed by atoms with E-state index in [1.807, 2.05) is 31.3 Å². The van der Waals surface area contributed by atoms with Gasteiger partial charge in [-0.25, -0.2) is 9.97 Å². The minimum atomic E-state index is -0.400. The molecule has 0 saturated heterocycles. The van der Waals surface area contributed by atoms with Crippen LogP contribution in [0.4, 0.5) is 5.69 Å². The average Bonchev–Trinajstić information content (AvgIpc) is 3.10. The third kappa shape index (κ3) is 3.34. The summed E-state index contributed by atoms with van der Waals surface area (Å²) in [6, 6.07) is 10.3. The van der Waals surface area contributed by atoms with Crippen molar-refractivity contribution in [2.24, 2.45) is 0 Å². The summed E-state index contributed by atoms with van der Waals surface area (Å²) in [6.45, 7) is 4.30. The number of nitro groups is 1. The van der Waals surface area contributed by atoms with Gasteiger partial charge in [-0.3, -0.25) is 15.0 Å². The number of aromatic nitrogens is 2. The summed E-state index contributed by atoms with van der Waals surface area (Å²) in [7, 11) is 0. The van der Waals surface area contributed by atoms with Crippen LogP contribution in [-0.2, 0) is 19.5 Å². The van der Waals surface area contributed by atoms with Crippen molar-refractivity contribution in [1.82, 2.24) is 14.9 Å². The van der Waals surface area contributed by atoms with Crippen molar-refractivity contribution in [1.29, 1.82) is 0 Å². The summed E-state index contributed by atoms with van der Waals surface area (Å²) in [6.07, 6.45) is 2.80. The maximum Gasteiger partial charge on any atom is 0.270 e. The van der Waals surface area contributed by atoms with Crippen LogP contribution in [0.25, 0.3) is 11.3 Å². The van der Waals surface area contributed by atoms with Gasteiger partial charge in [0.2, 0.25) is 0 Å². The second kappa shape index (κ2) is 6.68. The van der Waals surface area contributed by atoms with Crippen molar-refractivity contribution in [3.63, 3.8) is 0 Å². The average molecular weight is 350 g/mol. The molecule has 0 fully saturated rings. The first-order chi connectivity index (χ1) is 12.6. The first kappa shape index (κ1) is 16.4. The van der Waals surface area contributed by atoms with Gasteiger partial charge in [0.25, 0.3) is 5.69 Å². The van der Waals surface area contributed by atoms with Crippen molar-refractivity contribution < 1.29 is 9.34 Å². The van der Waals surface area contributed by atoms with Crippen molar-refractivity contribution in [3.8, 4) is 11.3 Å². The number of non-ortho nitro benzene ring substituents is 1. The number of furan rings is 1. The summed E-state index contributed by atoms with van der Waals surface area (Å²) in [5, 5.41) is 10.9. The third-order valence-electron chi connectivity index (χ3n) is 4.52. The van der Waals surface area contributed by atoms with E-state index in [1.165, 1.54) is 12.1 Å². The second-order valence-electron chi connectivity index (χ2n) is 6.42. The van der Waals surface area contributed by atoms with Gasteiger partial charge in [-0.1, -0.05) is 12.1 Å². The number of aryl methyl sites for hydroxylation is 1. The number of hydrogen-bond acceptors (Lipinski definition) is 6. The predicted octanol–water partition coefficient (Wildman–Crippen LogP) is 3.51. The van der Waals surface area contributed by atoms with Crippen LogP contribution in [0.1, 0.15) is 22.8 Å². The van der Waals surface area contributed by atoms with Crippen LogP contribution in [0.15, 0.2) is 47.0 Å². The molecule has 0 unspecified atom stereocenters. The van der Waals surface area contributed by atoms with E-state index in [1.54, 1.807) is 6.07 Å². The SMILES string of the molecule is Cc1ncc2c(n1)CCN(Cc1ccc(-c3cccc([N+](=O)[O-])c3)o1)C2. The van der Waals surface area contributed by atoms with Gasteiger partial charge in [0.15, 0.2) is 0 Å². The van der Waals surface area contributed by atoms with Gasteiger partial charge in [0.1, 0.15) is 17.3 Å². The Morgan fingerprint density at radius 3 is 3.04 bits per heavy atom. The molecule has 0 radical (unpaired) electrons. The molecule has 0 N–H and O–H groups in total. The topological polar surface area (TPSA) is 85.3 Å². The van der Waals surface area contributed by atoms with Crippen molar-refractivity contribution in [3.05, 3.63) is 75.6 Å². The number of nitro benzene ring substituents is 1. The number of rotatable bonds is 4. The molecule has 1 aliphatic rings. The van der Waals surface area contributed by atoms with Gasteiger partial charge in [-0.2, -0.15) is 0 Å². The molecule has 1 aliphatic heterocycles. The van der Waals surface area contributed by atoms with Crippen LogP contribution < -0.4 is 0 Å². The molecule has 0 aliphatic carbocycles. The van der Waals surface area contributed by atoms with Crippen LogP contribution >= 0.6 is 0 Å². The van der Waals surface area contributed by atoms with Crippen LogP contribution in [0.3, 0.4) is 0 Å². The first-order valence-electron chi connectivity index (χ1n) is 8.46. The summed E-state index contributed by atoms with van der Waals surface area (Å²) in [5.74, 6) is 2.29. The van der Waals surface area contributed by atoms with Crippen LogP contribution in [0.2, 0.25) is 0 Å². The second-order valence-corrected chi connectivity index (χ2v) is 6.42. The van der Waals surface area contributed by atoms with E-state index in [2.05, 4.69) is 14.9 Å². The maximum absolute atomic E-state index is 10.9. The summed E-state index contributed by atoms with van der Waals surface area (Å²) < 4.78 is 5.92. The minimum Gasteiger partial charge on any atom is -0.460 e. The Labute approximate surface area is 150 Å². The van der Waals surface area contributed by atoms with Gasteiger partial charge in [-0.15, -0.1) is 0 Å². The molecule has 7 nitrogen and oxygen atoms in total. The fraction of sp³-hybridized carbons (Fsp3) is 0.263. The van der Waals surface area contributed by atoms with Gasteiger partial charge in [0, 0.05) is 54.7 Å². The number of benzene rings is 1. The van der Waals surface area contributed by atoms with E-state index in [4.69, 9.17) is 4.42 Å². The maximum atomic E-state index is 10.9. The summed E-state index contributed by atoms with van der Waals surface area (Å²) in [5.41, 5.74) is 3.06. The van der Waals surface area contributed by atoms with Gasteiger partial charge in [-0.05, 0) is 19.1 Å². The lowest BCUT2D eigenvalue weighted by Gasteiger charge is -2.27. The van der Waals surface area contributed by atoms with Crippen molar-refractivity contribution in [2.75, 3.05) is 6.54 Å². The lowest BCUT2D eigenvalue weighted by molar-refractivity contribution is -0.384. The van der Waals surface area contributed by atoms with Crippen molar-refractivity contribution >= 4 is 5.69 Å². The molecule has 4 rings (SSSR count). The zero-order valence-corrected chi connectivity index (χ0v) is 14.4. The number of nitrogens with zero attached hydrogens (tertiary/aromatic N) is 4. The smallest absolute Gasteiger partial charge is 0.270 e. The summed E-state index contributed by atoms with van der Waals surface area (Å²) >= 11 is 0. The van der Waals surface area contributed by atoms with Gasteiger partial charge < -0.3 is 4.42 Å². The molecule has 7 heteroatoms. The molecule has 1 aromatic carbocycles. The Balaban J connectivity index is 1.48. The lowest BCUT2D eigenvalue weighted by Crippen LogP contribution is -2.30. The Morgan fingerprint density at radius 1 is 1.31 bits per heavy atom. The highest BCUT2D eigenvalue weighted by Gasteiger charge is 2.19. The number of fused-ring (bicyclic) bond motifs is 1. The predicted molar refractivity (Wildman–Crippen MR) is 95.4 cm³/mol. The monoisotopic (exact) mass is 350 g/mol. The quantitative estimate of drug-likeness (QED) is 0.529. The minimum absolute atomic E-state index is 0.0587. The van der Waals surface area contributed by atoms with E-state index in [0.29, 0.717) is 17.9 Å². The highest BCUT2D eigenvalue weighted by Crippen LogP contribution is 2.27. The molecule has 26 heavy (non-hydrogen) atoms. The van der Waals surface area contributed by atoms with Gasteiger partial charge >= 0.3 is 0 Å². The molecule has 0 amide bonds. The van der Waals surface area contributed by atoms with Crippen LogP contribution in [-0.4, -0.2) is 26.3 Å². The lowest BCUT2D eigenvalue weighted by atomic mass is 10.1. The Morgan fingerprint density at radius 2 is 2.19 bits per heavy atom. The Hall–Kier alpha value is -3.06. The fourth-order valence-electron chi connectivity index (χ4n) is 3.22. The van der Waals surface area contributed by atoms with Crippen molar-refractivity contribution in [2.45, 2.75) is 26.4 Å². The molecule has 3 aromatic rings. The summed E-state index contributed by atoms with van der Waals surface area (Å²) in [4.78, 5) is 21.6. The molecule has 2 aromatic heterocycles. The van der Waals surface area contributed by atoms with Crippen LogP contribution in [0, 0.1) is 17.0 Å². The normalized spacial score (nSPS) is 14.2. The van der Waals surface area contributed by atoms with E-state index < -0.39 is 4.92 Å². The molecule has 3 heterocycles. The molecule has 132 valence electrons. The van der Waals surface area contributed by atoms with Gasteiger partial charge in [0.05, 0.1) is 11.5 Å². The molecule has 0 saturated carbocycles. The zero-order valence-electron chi connectivity index (χ0n) is 14.4. The molecular weight excluding hydrogens is 332 g/mol. The standard InChI is InChI=1S/C19H18N4O3/c1-13-20-10-15-11-22(8-7-18(15)21-13)12-17-5-6-19(26-17)14-3-2-4-16(9-14)23(24)25/h2-6,9-10H,7-8,11-12H2,1H3. The van der Waals surface area contributed by atoms with E-state index in [-0.39, 0.29) is 5.69 Å². The highest BCUT2D eigenvalue weighted by atomic mass is 16.6. The van der Waals surface area contributed by atoms with E-state index in [9.17, 15) is 10.1 Å².